The summed E-state index contributed by atoms with van der Waals surface area (Å²) in [6.45, 7) is 12.5. The first-order valence-corrected chi connectivity index (χ1v) is 4.45. The molecule has 0 saturated heterocycles. The Labute approximate surface area is 80.7 Å². The van der Waals surface area contributed by atoms with Gasteiger partial charge in [-0.25, -0.2) is 0 Å². The number of ether oxygens (including phenoxy) is 3. The van der Waals surface area contributed by atoms with Gasteiger partial charge in [0, 0.05) is 6.61 Å². The Bertz CT molecular complexity index is 125. The van der Waals surface area contributed by atoms with Crippen LogP contribution < -0.4 is 0 Å². The quantitative estimate of drug-likeness (QED) is 0.542. The Hall–Kier alpha value is -0.540. The van der Waals surface area contributed by atoms with Crippen LogP contribution in [0, 0.1) is 6.92 Å². The summed E-state index contributed by atoms with van der Waals surface area (Å²) in [4.78, 5) is 0. The van der Waals surface area contributed by atoms with E-state index in [1.165, 1.54) is 6.26 Å². The summed E-state index contributed by atoms with van der Waals surface area (Å²) in [5.41, 5.74) is 0. The van der Waals surface area contributed by atoms with Gasteiger partial charge in [0.05, 0.1) is 25.1 Å². The standard InChI is InChI=1S/C10H19O3/c1-5-11-7-9(3)13-8-10(4)12-6-2/h5,9-10H,1-2,6-8H2,3-4H3. The van der Waals surface area contributed by atoms with E-state index in [0.717, 1.165) is 0 Å². The van der Waals surface area contributed by atoms with E-state index in [1.54, 1.807) is 0 Å². The minimum atomic E-state index is 0.0638. The third kappa shape index (κ3) is 7.81. The van der Waals surface area contributed by atoms with Crippen molar-refractivity contribution in [2.24, 2.45) is 0 Å². The number of hydrogen-bond acceptors (Lipinski definition) is 3. The number of rotatable bonds is 8. The van der Waals surface area contributed by atoms with Crippen LogP contribution in [0.25, 0.3) is 0 Å². The SMILES string of the molecule is [CH2]COC(C)COC(C)COC=C. The summed E-state index contributed by atoms with van der Waals surface area (Å²) in [7, 11) is 0. The summed E-state index contributed by atoms with van der Waals surface area (Å²) in [5, 5.41) is 0. The van der Waals surface area contributed by atoms with Crippen molar-refractivity contribution >= 4 is 0 Å². The molecule has 3 heteroatoms. The van der Waals surface area contributed by atoms with Gasteiger partial charge < -0.3 is 14.2 Å². The topological polar surface area (TPSA) is 27.7 Å². The van der Waals surface area contributed by atoms with Crippen LogP contribution in [0.1, 0.15) is 13.8 Å². The van der Waals surface area contributed by atoms with Crippen molar-refractivity contribution in [2.45, 2.75) is 26.1 Å². The molecule has 0 fully saturated rings. The van der Waals surface area contributed by atoms with Gasteiger partial charge in [0.2, 0.25) is 0 Å². The lowest BCUT2D eigenvalue weighted by Gasteiger charge is -2.16. The van der Waals surface area contributed by atoms with Crippen molar-refractivity contribution in [2.75, 3.05) is 19.8 Å². The van der Waals surface area contributed by atoms with E-state index < -0.39 is 0 Å². The summed E-state index contributed by atoms with van der Waals surface area (Å²) in [6.07, 6.45) is 1.56. The zero-order valence-electron chi connectivity index (χ0n) is 8.49. The fourth-order valence-electron chi connectivity index (χ4n) is 0.801. The second kappa shape index (κ2) is 8.08. The van der Waals surface area contributed by atoms with Crippen LogP contribution in [-0.2, 0) is 14.2 Å². The maximum Gasteiger partial charge on any atom is 0.113 e. The molecule has 0 aliphatic heterocycles. The van der Waals surface area contributed by atoms with Crippen LogP contribution in [0.4, 0.5) is 0 Å². The van der Waals surface area contributed by atoms with E-state index in [2.05, 4.69) is 13.5 Å². The third-order valence-electron chi connectivity index (χ3n) is 1.47. The fraction of sp³-hybridized carbons (Fsp3) is 0.700. The molecule has 0 saturated carbocycles. The lowest BCUT2D eigenvalue weighted by atomic mass is 10.4. The lowest BCUT2D eigenvalue weighted by Crippen LogP contribution is -2.22. The van der Waals surface area contributed by atoms with Gasteiger partial charge in [-0.3, -0.25) is 0 Å². The highest BCUT2D eigenvalue weighted by atomic mass is 16.6. The molecule has 0 N–H and O–H groups in total. The summed E-state index contributed by atoms with van der Waals surface area (Å²) < 4.78 is 15.6. The summed E-state index contributed by atoms with van der Waals surface area (Å²) in [5.74, 6) is 0. The first-order valence-electron chi connectivity index (χ1n) is 4.45. The Morgan fingerprint density at radius 1 is 1.15 bits per heavy atom. The van der Waals surface area contributed by atoms with Crippen LogP contribution in [0.2, 0.25) is 0 Å². The van der Waals surface area contributed by atoms with E-state index in [1.807, 2.05) is 13.8 Å². The normalized spacial score (nSPS) is 15.0. The maximum absolute atomic E-state index is 5.43. The van der Waals surface area contributed by atoms with Crippen molar-refractivity contribution < 1.29 is 14.2 Å². The highest BCUT2D eigenvalue weighted by molar-refractivity contribution is 4.56. The number of hydrogen-bond donors (Lipinski definition) is 0. The molecule has 0 aromatic carbocycles. The Morgan fingerprint density at radius 2 is 1.77 bits per heavy atom. The van der Waals surface area contributed by atoms with E-state index in [0.29, 0.717) is 19.8 Å². The fourth-order valence-corrected chi connectivity index (χ4v) is 0.801. The maximum atomic E-state index is 5.43. The summed E-state index contributed by atoms with van der Waals surface area (Å²) in [6, 6.07) is 0. The molecule has 0 amide bonds. The average molecular weight is 187 g/mol. The Balaban J connectivity index is 3.33. The first-order chi connectivity index (χ1) is 6.20. The monoisotopic (exact) mass is 187 g/mol. The average Bonchev–Trinajstić information content (AvgIpc) is 2.12. The zero-order valence-corrected chi connectivity index (χ0v) is 8.49. The molecule has 0 aromatic heterocycles. The van der Waals surface area contributed by atoms with Crippen molar-refractivity contribution in [3.8, 4) is 0 Å². The van der Waals surface area contributed by atoms with E-state index in [9.17, 15) is 0 Å². The largest absolute Gasteiger partial charge is 0.499 e. The smallest absolute Gasteiger partial charge is 0.113 e. The van der Waals surface area contributed by atoms with Gasteiger partial charge >= 0.3 is 0 Å². The van der Waals surface area contributed by atoms with Crippen molar-refractivity contribution in [1.82, 2.24) is 0 Å². The first kappa shape index (κ1) is 12.5. The Kier molecular flexibility index (Phi) is 7.74. The molecule has 3 nitrogen and oxygen atoms in total. The van der Waals surface area contributed by atoms with Gasteiger partial charge in [0.25, 0.3) is 0 Å². The molecule has 0 rings (SSSR count). The summed E-state index contributed by atoms with van der Waals surface area (Å²) >= 11 is 0. The molecular formula is C10H19O3. The van der Waals surface area contributed by atoms with Gasteiger partial charge in [-0.1, -0.05) is 6.58 Å². The molecule has 77 valence electrons. The van der Waals surface area contributed by atoms with Crippen LogP contribution in [0.5, 0.6) is 0 Å². The van der Waals surface area contributed by atoms with Gasteiger partial charge in [-0.2, -0.15) is 0 Å². The molecule has 0 aliphatic rings. The minimum Gasteiger partial charge on any atom is -0.499 e. The molecule has 0 aliphatic carbocycles. The van der Waals surface area contributed by atoms with Crippen molar-refractivity contribution in [1.29, 1.82) is 0 Å². The highest BCUT2D eigenvalue weighted by Crippen LogP contribution is 1.97. The van der Waals surface area contributed by atoms with Gasteiger partial charge in [-0.15, -0.1) is 0 Å². The molecule has 2 unspecified atom stereocenters. The van der Waals surface area contributed by atoms with E-state index >= 15 is 0 Å². The molecular weight excluding hydrogens is 168 g/mol. The molecule has 0 heterocycles. The van der Waals surface area contributed by atoms with Crippen LogP contribution in [0.15, 0.2) is 12.8 Å². The second-order valence-corrected chi connectivity index (χ2v) is 2.83. The molecule has 1 radical (unpaired) electrons. The van der Waals surface area contributed by atoms with Gasteiger partial charge in [0.15, 0.2) is 0 Å². The molecule has 13 heavy (non-hydrogen) atoms. The minimum absolute atomic E-state index is 0.0638. The molecule has 0 aromatic rings. The predicted molar refractivity (Wildman–Crippen MR) is 52.3 cm³/mol. The van der Waals surface area contributed by atoms with E-state index in [-0.39, 0.29) is 12.2 Å². The molecule has 0 spiro atoms. The molecule has 0 bridgehead atoms. The zero-order chi connectivity index (χ0) is 10.1. The van der Waals surface area contributed by atoms with Gasteiger partial charge in [0.1, 0.15) is 6.61 Å². The van der Waals surface area contributed by atoms with Crippen molar-refractivity contribution in [3.05, 3.63) is 19.8 Å². The van der Waals surface area contributed by atoms with Crippen LogP contribution in [0.3, 0.4) is 0 Å². The lowest BCUT2D eigenvalue weighted by molar-refractivity contribution is -0.0411. The third-order valence-corrected chi connectivity index (χ3v) is 1.47. The van der Waals surface area contributed by atoms with Crippen LogP contribution in [-0.4, -0.2) is 32.0 Å². The van der Waals surface area contributed by atoms with Crippen LogP contribution >= 0.6 is 0 Å². The highest BCUT2D eigenvalue weighted by Gasteiger charge is 2.05. The van der Waals surface area contributed by atoms with Gasteiger partial charge in [-0.05, 0) is 20.8 Å². The Morgan fingerprint density at radius 3 is 2.31 bits per heavy atom. The molecule has 2 atom stereocenters. The van der Waals surface area contributed by atoms with Crippen molar-refractivity contribution in [3.63, 3.8) is 0 Å². The van der Waals surface area contributed by atoms with E-state index in [4.69, 9.17) is 14.2 Å². The second-order valence-electron chi connectivity index (χ2n) is 2.83. The predicted octanol–water partition coefficient (Wildman–Crippen LogP) is 1.79.